The van der Waals surface area contributed by atoms with Crippen molar-refractivity contribution in [2.45, 2.75) is 0 Å². The largest absolute Gasteiger partial charge is 0.465 e. The van der Waals surface area contributed by atoms with Crippen molar-refractivity contribution >= 4 is 11.7 Å². The molecule has 4 nitrogen and oxygen atoms in total. The first-order valence-electron chi connectivity index (χ1n) is 3.77. The van der Waals surface area contributed by atoms with Crippen molar-refractivity contribution in [3.8, 4) is 12.3 Å². The Hall–Kier alpha value is -2.33. The number of benzene rings is 1. The Labute approximate surface area is 81.1 Å². The topological polar surface area (TPSA) is 54.5 Å². The summed E-state index contributed by atoms with van der Waals surface area (Å²) in [6.45, 7) is 0. The van der Waals surface area contributed by atoms with Gasteiger partial charge in [0.05, 0.1) is 12.7 Å². The van der Waals surface area contributed by atoms with Gasteiger partial charge in [-0.15, -0.1) is 6.42 Å². The minimum absolute atomic E-state index is 0.176. The fourth-order valence-electron chi connectivity index (χ4n) is 0.981. The number of hydrogen-bond acceptors (Lipinski definition) is 3. The maximum Gasteiger partial charge on any atom is 0.401 e. The molecule has 4 heteroatoms. The van der Waals surface area contributed by atoms with E-state index in [0.717, 1.165) is 0 Å². The zero-order valence-electron chi connectivity index (χ0n) is 7.52. The maximum atomic E-state index is 11.1. The number of terminal acetylenes is 1. The molecule has 0 saturated carbocycles. The van der Waals surface area contributed by atoms with E-state index in [2.05, 4.69) is 15.6 Å². The number of nitrogens with zero attached hydrogens (tertiary/aromatic N) is 2. The highest BCUT2D eigenvalue weighted by Gasteiger charge is 2.16. The standard InChI is InChI=1S/C10H7N2O2/c1-3-7-4-5-8(10(13)14-2)6-9(7)12-11/h1,4-6H,2H3/q+1. The molecule has 14 heavy (non-hydrogen) atoms. The number of carbonyl (C=O) groups excluding carboxylic acids is 1. The van der Waals surface area contributed by atoms with Crippen LogP contribution < -0.4 is 0 Å². The van der Waals surface area contributed by atoms with Gasteiger partial charge in [0.2, 0.25) is 5.39 Å². The summed E-state index contributed by atoms with van der Waals surface area (Å²) in [5.74, 6) is 1.82. The van der Waals surface area contributed by atoms with E-state index >= 15 is 0 Å². The van der Waals surface area contributed by atoms with Crippen LogP contribution in [0.15, 0.2) is 18.2 Å². The molecule has 0 heterocycles. The zero-order chi connectivity index (χ0) is 10.6. The van der Waals surface area contributed by atoms with Gasteiger partial charge in [-0.25, -0.2) is 4.79 Å². The monoisotopic (exact) mass is 187 g/mol. The molecule has 0 amide bonds. The molecule has 0 bridgehead atoms. The quantitative estimate of drug-likeness (QED) is 0.383. The van der Waals surface area contributed by atoms with E-state index in [4.69, 9.17) is 11.8 Å². The fraction of sp³-hybridized carbons (Fsp3) is 0.100. The van der Waals surface area contributed by atoms with E-state index in [-0.39, 0.29) is 5.69 Å². The summed E-state index contributed by atoms with van der Waals surface area (Å²) < 4.78 is 4.50. The van der Waals surface area contributed by atoms with Gasteiger partial charge in [0.1, 0.15) is 5.56 Å². The maximum absolute atomic E-state index is 11.1. The summed E-state index contributed by atoms with van der Waals surface area (Å²) in [5.41, 5.74) is 0.884. The number of diazo groups is 1. The van der Waals surface area contributed by atoms with Crippen molar-refractivity contribution in [3.05, 3.63) is 34.3 Å². The average molecular weight is 187 g/mol. The summed E-state index contributed by atoms with van der Waals surface area (Å²) >= 11 is 0. The van der Waals surface area contributed by atoms with E-state index < -0.39 is 5.97 Å². The molecule has 0 radical (unpaired) electrons. The molecule has 0 aliphatic heterocycles. The van der Waals surface area contributed by atoms with Crippen molar-refractivity contribution in [1.29, 1.82) is 5.39 Å². The predicted octanol–water partition coefficient (Wildman–Crippen LogP) is 1.94. The van der Waals surface area contributed by atoms with E-state index in [1.807, 2.05) is 0 Å². The molecule has 0 spiro atoms. The van der Waals surface area contributed by atoms with Crippen LogP contribution in [0.3, 0.4) is 0 Å². The van der Waals surface area contributed by atoms with Crippen molar-refractivity contribution in [2.24, 2.45) is 0 Å². The number of methoxy groups -OCH3 is 1. The first kappa shape index (κ1) is 9.76. The van der Waals surface area contributed by atoms with Gasteiger partial charge in [0, 0.05) is 6.07 Å². The normalized spacial score (nSPS) is 8.50. The summed E-state index contributed by atoms with van der Waals surface area (Å²) in [6.07, 6.45) is 5.15. The summed E-state index contributed by atoms with van der Waals surface area (Å²) in [6, 6.07) is 4.39. The van der Waals surface area contributed by atoms with Gasteiger partial charge in [-0.3, -0.25) is 0 Å². The molecule has 1 aromatic carbocycles. The first-order valence-corrected chi connectivity index (χ1v) is 3.77. The van der Waals surface area contributed by atoms with Gasteiger partial charge in [0.15, 0.2) is 4.98 Å². The molecule has 68 valence electrons. The van der Waals surface area contributed by atoms with Crippen LogP contribution in [-0.4, -0.2) is 13.1 Å². The highest BCUT2D eigenvalue weighted by atomic mass is 16.5. The third-order valence-corrected chi connectivity index (χ3v) is 1.68. The summed E-state index contributed by atoms with van der Waals surface area (Å²) in [4.78, 5) is 14.1. The minimum atomic E-state index is -0.501. The van der Waals surface area contributed by atoms with E-state index in [9.17, 15) is 4.79 Å². The van der Waals surface area contributed by atoms with Crippen molar-refractivity contribution in [2.75, 3.05) is 7.11 Å². The molecule has 1 rings (SSSR count). The number of ether oxygens (including phenoxy) is 1. The number of hydrogen-bond donors (Lipinski definition) is 0. The number of carbonyl (C=O) groups is 1. The lowest BCUT2D eigenvalue weighted by Crippen LogP contribution is -2.00. The first-order chi connectivity index (χ1) is 6.72. The molecule has 0 N–H and O–H groups in total. The van der Waals surface area contributed by atoms with Gasteiger partial charge in [-0.1, -0.05) is 5.92 Å². The summed E-state index contributed by atoms with van der Waals surface area (Å²) in [5, 5.41) is 8.61. The lowest BCUT2D eigenvalue weighted by atomic mass is 10.1. The molecule has 0 saturated heterocycles. The highest BCUT2D eigenvalue weighted by Crippen LogP contribution is 2.20. The molecule has 0 aromatic heterocycles. The molecular weight excluding hydrogens is 180 g/mol. The van der Waals surface area contributed by atoms with Crippen LogP contribution in [0.1, 0.15) is 15.9 Å². The number of esters is 1. The Morgan fingerprint density at radius 2 is 2.36 bits per heavy atom. The van der Waals surface area contributed by atoms with Crippen LogP contribution >= 0.6 is 0 Å². The van der Waals surface area contributed by atoms with Crippen LogP contribution in [0, 0.1) is 17.7 Å². The van der Waals surface area contributed by atoms with E-state index in [1.54, 1.807) is 0 Å². The van der Waals surface area contributed by atoms with Gasteiger partial charge in [-0.05, 0) is 12.1 Å². The second-order valence-electron chi connectivity index (χ2n) is 2.47. The Bertz CT molecular complexity index is 452. The van der Waals surface area contributed by atoms with Gasteiger partial charge in [-0.2, -0.15) is 0 Å². The second kappa shape index (κ2) is 4.06. The minimum Gasteiger partial charge on any atom is -0.465 e. The Kier molecular flexibility index (Phi) is 2.83. The van der Waals surface area contributed by atoms with Crippen molar-refractivity contribution in [1.82, 2.24) is 0 Å². The van der Waals surface area contributed by atoms with Gasteiger partial charge >= 0.3 is 11.7 Å². The van der Waals surface area contributed by atoms with Crippen molar-refractivity contribution < 1.29 is 9.53 Å². The highest BCUT2D eigenvalue weighted by molar-refractivity contribution is 5.91. The third kappa shape index (κ3) is 1.70. The second-order valence-corrected chi connectivity index (χ2v) is 2.47. The van der Waals surface area contributed by atoms with Crippen LogP contribution in [0.5, 0.6) is 0 Å². The Morgan fingerprint density at radius 1 is 1.64 bits per heavy atom. The smallest absolute Gasteiger partial charge is 0.401 e. The lowest BCUT2D eigenvalue weighted by Gasteiger charge is -1.96. The SMILES string of the molecule is C#Cc1ccc(C(=O)OC)cc1[N+]#N. The van der Waals surface area contributed by atoms with Crippen LogP contribution in [0.2, 0.25) is 0 Å². The zero-order valence-corrected chi connectivity index (χ0v) is 7.52. The van der Waals surface area contributed by atoms with Gasteiger partial charge < -0.3 is 4.74 Å². The van der Waals surface area contributed by atoms with E-state index in [0.29, 0.717) is 11.1 Å². The Balaban J connectivity index is 3.24. The van der Waals surface area contributed by atoms with Crippen LogP contribution in [-0.2, 0) is 4.74 Å². The van der Waals surface area contributed by atoms with E-state index in [1.165, 1.54) is 25.3 Å². The summed E-state index contributed by atoms with van der Waals surface area (Å²) in [7, 11) is 1.27. The molecule has 1 aromatic rings. The molecular formula is C10H7N2O2+. The van der Waals surface area contributed by atoms with Gasteiger partial charge in [0.25, 0.3) is 0 Å². The number of rotatable bonds is 1. The van der Waals surface area contributed by atoms with Crippen molar-refractivity contribution in [3.63, 3.8) is 0 Å². The molecule has 0 aliphatic rings. The van der Waals surface area contributed by atoms with Crippen LogP contribution in [0.4, 0.5) is 5.69 Å². The van der Waals surface area contributed by atoms with Crippen LogP contribution in [0.25, 0.3) is 4.98 Å². The average Bonchev–Trinajstić information content (AvgIpc) is 2.26. The fourth-order valence-corrected chi connectivity index (χ4v) is 0.981. The third-order valence-electron chi connectivity index (χ3n) is 1.68. The molecule has 0 atom stereocenters. The molecule has 0 aliphatic carbocycles. The molecule has 0 fully saturated rings. The lowest BCUT2D eigenvalue weighted by molar-refractivity contribution is 0.0601. The molecule has 0 unspecified atom stereocenters. The Morgan fingerprint density at radius 3 is 2.86 bits per heavy atom. The predicted molar refractivity (Wildman–Crippen MR) is 50.5 cm³/mol.